The zero-order chi connectivity index (χ0) is 12.2. The highest BCUT2D eigenvalue weighted by atomic mass is 35.7. The normalized spacial score (nSPS) is 16.6. The minimum atomic E-state index is -3.68. The molecule has 0 N–H and O–H groups in total. The molecule has 90 valence electrons. The van der Waals surface area contributed by atoms with Crippen LogP contribution < -0.4 is 0 Å². The van der Waals surface area contributed by atoms with Gasteiger partial charge in [0.15, 0.2) is 0 Å². The number of rotatable bonds is 2. The van der Waals surface area contributed by atoms with Crippen LogP contribution in [-0.2, 0) is 9.05 Å². The smallest absolute Gasteiger partial charge is 0.261 e. The van der Waals surface area contributed by atoms with Crippen molar-refractivity contribution in [2.24, 2.45) is 0 Å². The van der Waals surface area contributed by atoms with E-state index in [1.54, 1.807) is 12.1 Å². The predicted octanol–water partition coefficient (Wildman–Crippen LogP) is 2.61. The highest BCUT2D eigenvalue weighted by Crippen LogP contribution is 2.39. The van der Waals surface area contributed by atoms with E-state index in [0.717, 1.165) is 29.7 Å². The molecule has 1 aliphatic carbocycles. The van der Waals surface area contributed by atoms with E-state index in [1.165, 1.54) is 6.07 Å². The molecule has 3 rings (SSSR count). The van der Waals surface area contributed by atoms with Crippen LogP contribution in [0.1, 0.15) is 24.7 Å². The van der Waals surface area contributed by atoms with Gasteiger partial charge in [-0.3, -0.25) is 0 Å². The van der Waals surface area contributed by atoms with Crippen LogP contribution in [0.3, 0.4) is 0 Å². The molecule has 0 amide bonds. The van der Waals surface area contributed by atoms with Crippen LogP contribution >= 0.6 is 10.7 Å². The van der Waals surface area contributed by atoms with Crippen LogP contribution in [0.5, 0.6) is 0 Å². The van der Waals surface area contributed by atoms with Crippen LogP contribution in [0.25, 0.3) is 11.0 Å². The maximum atomic E-state index is 11.3. The predicted molar refractivity (Wildman–Crippen MR) is 65.8 cm³/mol. The van der Waals surface area contributed by atoms with Crippen molar-refractivity contribution in [2.45, 2.75) is 30.7 Å². The molecule has 0 radical (unpaired) electrons. The van der Waals surface area contributed by atoms with Crippen molar-refractivity contribution < 1.29 is 8.42 Å². The number of imidazole rings is 1. The number of aromatic nitrogens is 2. The first-order valence-corrected chi connectivity index (χ1v) is 7.71. The molecule has 0 aliphatic heterocycles. The number of nitrogens with zero attached hydrogens (tertiary/aromatic N) is 2. The van der Waals surface area contributed by atoms with Gasteiger partial charge in [0, 0.05) is 16.7 Å². The molecule has 1 fully saturated rings. The van der Waals surface area contributed by atoms with Crippen molar-refractivity contribution in [2.75, 3.05) is 0 Å². The maximum absolute atomic E-state index is 11.3. The summed E-state index contributed by atoms with van der Waals surface area (Å²) in [7, 11) is 1.68. The van der Waals surface area contributed by atoms with Crippen molar-refractivity contribution >= 4 is 30.8 Å². The molecule has 2 aromatic rings. The molecule has 0 bridgehead atoms. The standard InChI is InChI=1S/C11H11ClN2O2S/c1-7-13-10-5-4-9(17(12,15)16)6-11(10)14(7)8-2-3-8/h4-6,8H,2-3H2,1H3. The van der Waals surface area contributed by atoms with Crippen molar-refractivity contribution in [1.82, 2.24) is 9.55 Å². The molecule has 0 saturated heterocycles. The average molecular weight is 271 g/mol. The molecule has 0 unspecified atom stereocenters. The van der Waals surface area contributed by atoms with Gasteiger partial charge in [0.05, 0.1) is 15.9 Å². The second kappa shape index (κ2) is 3.46. The lowest BCUT2D eigenvalue weighted by atomic mass is 10.3. The fourth-order valence-electron chi connectivity index (χ4n) is 2.14. The van der Waals surface area contributed by atoms with Gasteiger partial charge >= 0.3 is 0 Å². The summed E-state index contributed by atoms with van der Waals surface area (Å²) in [5, 5.41) is 0. The summed E-state index contributed by atoms with van der Waals surface area (Å²) in [5.41, 5.74) is 1.67. The first kappa shape index (κ1) is 11.0. The van der Waals surface area contributed by atoms with Crippen LogP contribution in [0.2, 0.25) is 0 Å². The fraction of sp³-hybridized carbons (Fsp3) is 0.364. The third kappa shape index (κ3) is 1.83. The van der Waals surface area contributed by atoms with Gasteiger partial charge in [0.25, 0.3) is 9.05 Å². The van der Waals surface area contributed by atoms with Crippen molar-refractivity contribution in [3.05, 3.63) is 24.0 Å². The molecule has 0 atom stereocenters. The molecular weight excluding hydrogens is 260 g/mol. The number of halogens is 1. The topological polar surface area (TPSA) is 52.0 Å². The minimum absolute atomic E-state index is 0.133. The van der Waals surface area contributed by atoms with Gasteiger partial charge in [-0.1, -0.05) is 0 Å². The second-order valence-electron chi connectivity index (χ2n) is 4.35. The van der Waals surface area contributed by atoms with Crippen LogP contribution in [0, 0.1) is 6.92 Å². The first-order chi connectivity index (χ1) is 7.97. The quantitative estimate of drug-likeness (QED) is 0.788. The van der Waals surface area contributed by atoms with Crippen molar-refractivity contribution in [3.8, 4) is 0 Å². The van der Waals surface area contributed by atoms with E-state index in [0.29, 0.717) is 6.04 Å². The Bertz CT molecular complexity index is 702. The number of fused-ring (bicyclic) bond motifs is 1. The lowest BCUT2D eigenvalue weighted by Gasteiger charge is -2.04. The number of hydrogen-bond acceptors (Lipinski definition) is 3. The van der Waals surface area contributed by atoms with E-state index in [1.807, 2.05) is 6.92 Å². The summed E-state index contributed by atoms with van der Waals surface area (Å²) in [6, 6.07) is 5.27. The molecule has 4 nitrogen and oxygen atoms in total. The molecule has 1 aromatic heterocycles. The van der Waals surface area contributed by atoms with Crippen LogP contribution in [0.15, 0.2) is 23.1 Å². The Morgan fingerprint density at radius 3 is 2.71 bits per heavy atom. The Kier molecular flexibility index (Phi) is 2.25. The fourth-order valence-corrected chi connectivity index (χ4v) is 2.91. The van der Waals surface area contributed by atoms with Gasteiger partial charge < -0.3 is 4.57 Å². The Morgan fingerprint density at radius 1 is 1.41 bits per heavy atom. The van der Waals surface area contributed by atoms with E-state index in [-0.39, 0.29) is 4.90 Å². The molecule has 1 saturated carbocycles. The minimum Gasteiger partial charge on any atom is -0.325 e. The Hall–Kier alpha value is -1.07. The number of hydrogen-bond donors (Lipinski definition) is 0. The van der Waals surface area contributed by atoms with Gasteiger partial charge in [-0.05, 0) is 38.0 Å². The summed E-state index contributed by atoms with van der Waals surface area (Å²) in [6.45, 7) is 1.94. The Morgan fingerprint density at radius 2 is 2.12 bits per heavy atom. The summed E-state index contributed by atoms with van der Waals surface area (Å²) < 4.78 is 24.7. The van der Waals surface area contributed by atoms with Gasteiger partial charge in [-0.25, -0.2) is 13.4 Å². The Labute approximate surface area is 104 Å². The molecule has 1 heterocycles. The zero-order valence-corrected chi connectivity index (χ0v) is 10.8. The third-order valence-corrected chi connectivity index (χ3v) is 4.38. The highest BCUT2D eigenvalue weighted by Gasteiger charge is 2.27. The second-order valence-corrected chi connectivity index (χ2v) is 6.91. The lowest BCUT2D eigenvalue weighted by Crippen LogP contribution is -1.97. The number of aryl methyl sites for hydroxylation is 1. The monoisotopic (exact) mass is 270 g/mol. The molecule has 0 spiro atoms. The van der Waals surface area contributed by atoms with Crippen LogP contribution in [0.4, 0.5) is 0 Å². The van der Waals surface area contributed by atoms with E-state index >= 15 is 0 Å². The lowest BCUT2D eigenvalue weighted by molar-refractivity contribution is 0.609. The third-order valence-electron chi connectivity index (χ3n) is 3.03. The van der Waals surface area contributed by atoms with Gasteiger partial charge in [-0.15, -0.1) is 0 Å². The number of benzene rings is 1. The SMILES string of the molecule is Cc1nc2ccc(S(=O)(=O)Cl)cc2n1C1CC1. The average Bonchev–Trinajstić information content (AvgIpc) is 2.99. The maximum Gasteiger partial charge on any atom is 0.261 e. The highest BCUT2D eigenvalue weighted by molar-refractivity contribution is 8.13. The first-order valence-electron chi connectivity index (χ1n) is 5.40. The van der Waals surface area contributed by atoms with Crippen molar-refractivity contribution in [3.63, 3.8) is 0 Å². The summed E-state index contributed by atoms with van der Waals surface area (Å²) in [5.74, 6) is 0.923. The molecule has 1 aromatic carbocycles. The van der Waals surface area contributed by atoms with E-state index in [9.17, 15) is 8.42 Å². The molecule has 1 aliphatic rings. The van der Waals surface area contributed by atoms with Gasteiger partial charge in [0.1, 0.15) is 5.82 Å². The van der Waals surface area contributed by atoms with Gasteiger partial charge in [0.2, 0.25) is 0 Å². The largest absolute Gasteiger partial charge is 0.325 e. The summed E-state index contributed by atoms with van der Waals surface area (Å²) in [4.78, 5) is 4.56. The molecular formula is C11H11ClN2O2S. The molecule has 6 heteroatoms. The van der Waals surface area contributed by atoms with Crippen molar-refractivity contribution in [1.29, 1.82) is 0 Å². The van der Waals surface area contributed by atoms with E-state index < -0.39 is 9.05 Å². The van der Waals surface area contributed by atoms with Crippen LogP contribution in [-0.4, -0.2) is 18.0 Å². The van der Waals surface area contributed by atoms with E-state index in [2.05, 4.69) is 9.55 Å². The zero-order valence-electron chi connectivity index (χ0n) is 9.22. The molecule has 17 heavy (non-hydrogen) atoms. The summed E-state index contributed by atoms with van der Waals surface area (Å²) in [6.07, 6.45) is 2.26. The van der Waals surface area contributed by atoms with E-state index in [4.69, 9.17) is 10.7 Å². The summed E-state index contributed by atoms with van der Waals surface area (Å²) >= 11 is 0. The Balaban J connectivity index is 2.30. The van der Waals surface area contributed by atoms with Gasteiger partial charge in [-0.2, -0.15) is 0 Å².